The zero-order valence-electron chi connectivity index (χ0n) is 45.3. The molecule has 0 heterocycles. The molecule has 0 rings (SSSR count). The molecule has 0 aliphatic rings. The Labute approximate surface area is 426 Å². The Morgan fingerprint density at radius 3 is 1.00 bits per heavy atom. The Morgan fingerprint density at radius 1 is 0.319 bits per heavy atom. The Bertz CT molecular complexity index is 1330. The third kappa shape index (κ3) is 55.4. The number of carbonyl (C=O) groups excluding carboxylic acids is 3. The number of hydrogen-bond acceptors (Lipinski definition) is 6. The maximum Gasteiger partial charge on any atom is 0.309 e. The Morgan fingerprint density at radius 2 is 0.623 bits per heavy atom. The highest BCUT2D eigenvalue weighted by Crippen LogP contribution is 2.15. The van der Waals surface area contributed by atoms with E-state index < -0.39 is 12.1 Å². The van der Waals surface area contributed by atoms with Gasteiger partial charge < -0.3 is 14.2 Å². The summed E-state index contributed by atoms with van der Waals surface area (Å²) in [6.07, 6.45) is 74.6. The SMILES string of the molecule is CC/C=C\C/C=C\C/C=C\C/C=C\C/C=C\CC(=O)OCC(COC(=O)CCCCCCCCC/C=C\CCCCCCCCC)OC(=O)CCCCCCCCC/C=C\CCCCCCCCC. The van der Waals surface area contributed by atoms with Crippen LogP contribution in [0.2, 0.25) is 0 Å². The first-order valence-electron chi connectivity index (χ1n) is 29.1. The van der Waals surface area contributed by atoms with Crippen LogP contribution in [0, 0.1) is 0 Å². The number of hydrogen-bond donors (Lipinski definition) is 0. The van der Waals surface area contributed by atoms with Crippen LogP contribution >= 0.6 is 0 Å². The van der Waals surface area contributed by atoms with E-state index in [9.17, 15) is 14.4 Å². The van der Waals surface area contributed by atoms with Crippen LogP contribution < -0.4 is 0 Å². The average molecular weight is 962 g/mol. The van der Waals surface area contributed by atoms with Crippen LogP contribution in [0.3, 0.4) is 0 Å². The lowest BCUT2D eigenvalue weighted by Crippen LogP contribution is -2.30. The van der Waals surface area contributed by atoms with Gasteiger partial charge in [-0.3, -0.25) is 14.4 Å². The molecular weight excluding hydrogens is 853 g/mol. The highest BCUT2D eigenvalue weighted by molar-refractivity contribution is 5.72. The molecule has 0 saturated carbocycles. The van der Waals surface area contributed by atoms with Gasteiger partial charge >= 0.3 is 17.9 Å². The number of ether oxygens (including phenoxy) is 3. The summed E-state index contributed by atoms with van der Waals surface area (Å²) >= 11 is 0. The van der Waals surface area contributed by atoms with Crippen molar-refractivity contribution in [2.45, 2.75) is 284 Å². The van der Waals surface area contributed by atoms with Crippen LogP contribution in [0.5, 0.6) is 0 Å². The molecule has 6 nitrogen and oxygen atoms in total. The molecule has 0 aliphatic carbocycles. The molecule has 396 valence electrons. The minimum absolute atomic E-state index is 0.110. The summed E-state index contributed by atoms with van der Waals surface area (Å²) in [7, 11) is 0. The predicted molar refractivity (Wildman–Crippen MR) is 297 cm³/mol. The fourth-order valence-corrected chi connectivity index (χ4v) is 8.03. The third-order valence-electron chi connectivity index (χ3n) is 12.4. The van der Waals surface area contributed by atoms with Crippen molar-refractivity contribution in [3.63, 3.8) is 0 Å². The van der Waals surface area contributed by atoms with E-state index >= 15 is 0 Å². The smallest absolute Gasteiger partial charge is 0.309 e. The van der Waals surface area contributed by atoms with Gasteiger partial charge in [-0.1, -0.05) is 247 Å². The molecule has 0 saturated heterocycles. The minimum atomic E-state index is -0.821. The second kappa shape index (κ2) is 57.2. The maximum atomic E-state index is 12.9. The zero-order chi connectivity index (χ0) is 50.0. The summed E-state index contributed by atoms with van der Waals surface area (Å²) in [4.78, 5) is 38.1. The topological polar surface area (TPSA) is 78.9 Å². The molecule has 0 fully saturated rings. The lowest BCUT2D eigenvalue weighted by molar-refractivity contribution is -0.166. The maximum absolute atomic E-state index is 12.9. The van der Waals surface area contributed by atoms with Gasteiger partial charge in [-0.2, -0.15) is 0 Å². The van der Waals surface area contributed by atoms with Gasteiger partial charge in [-0.05, 0) is 96.3 Å². The number of rotatable bonds is 52. The van der Waals surface area contributed by atoms with Crippen molar-refractivity contribution < 1.29 is 28.6 Å². The van der Waals surface area contributed by atoms with E-state index in [-0.39, 0.29) is 31.6 Å². The monoisotopic (exact) mass is 961 g/mol. The first-order valence-corrected chi connectivity index (χ1v) is 29.1. The molecule has 69 heavy (non-hydrogen) atoms. The van der Waals surface area contributed by atoms with Crippen LogP contribution in [0.4, 0.5) is 0 Å². The van der Waals surface area contributed by atoms with Gasteiger partial charge in [0.25, 0.3) is 0 Å². The molecule has 0 aliphatic heterocycles. The van der Waals surface area contributed by atoms with Crippen molar-refractivity contribution in [1.82, 2.24) is 0 Å². The molecule has 0 amide bonds. The van der Waals surface area contributed by atoms with Crippen LogP contribution in [-0.2, 0) is 28.6 Å². The van der Waals surface area contributed by atoms with Gasteiger partial charge in [0.05, 0.1) is 6.42 Å². The Hall–Kier alpha value is -3.41. The van der Waals surface area contributed by atoms with Crippen molar-refractivity contribution in [3.05, 3.63) is 85.1 Å². The molecule has 0 N–H and O–H groups in total. The van der Waals surface area contributed by atoms with Gasteiger partial charge in [0.1, 0.15) is 13.2 Å². The second-order valence-electron chi connectivity index (χ2n) is 19.2. The number of allylic oxidation sites excluding steroid dienone is 13. The normalized spacial score (nSPS) is 12.7. The molecule has 1 atom stereocenters. The van der Waals surface area contributed by atoms with Crippen molar-refractivity contribution in [2.75, 3.05) is 13.2 Å². The molecule has 0 aromatic heterocycles. The fraction of sp³-hybridized carbons (Fsp3) is 0.730. The van der Waals surface area contributed by atoms with Crippen LogP contribution in [-0.4, -0.2) is 37.2 Å². The van der Waals surface area contributed by atoms with Gasteiger partial charge in [-0.15, -0.1) is 0 Å². The van der Waals surface area contributed by atoms with Gasteiger partial charge in [0.15, 0.2) is 6.10 Å². The minimum Gasteiger partial charge on any atom is -0.462 e. The van der Waals surface area contributed by atoms with Crippen molar-refractivity contribution in [2.24, 2.45) is 0 Å². The van der Waals surface area contributed by atoms with Gasteiger partial charge in [0.2, 0.25) is 0 Å². The quantitative estimate of drug-likeness (QED) is 0.0262. The van der Waals surface area contributed by atoms with Gasteiger partial charge in [-0.25, -0.2) is 0 Å². The standard InChI is InChI=1S/C63H108O6/c1-4-7-10-13-16-19-22-25-28-30-32-35-38-41-44-47-50-53-56-62(65)68-59-60(58-67-61(64)55-52-49-46-43-40-37-34-27-24-21-18-15-12-9-6-3)69-63(66)57-54-51-48-45-42-39-36-33-31-29-26-23-20-17-14-11-8-5-2/h9,12,18,21,27-31,34,40,43,49,52,60H,4-8,10-11,13-17,19-20,22-26,32-33,35-39,41-42,44-48,50-51,53-59H2,1-3H3/b12-9-,21-18-,30-28-,31-29-,34-27-,43-40-,52-49-. The highest BCUT2D eigenvalue weighted by Gasteiger charge is 2.19. The van der Waals surface area contributed by atoms with E-state index in [0.29, 0.717) is 12.8 Å². The molecule has 0 aromatic carbocycles. The Kier molecular flexibility index (Phi) is 54.3. The first-order chi connectivity index (χ1) is 34.0. The summed E-state index contributed by atoms with van der Waals surface area (Å²) < 4.78 is 16.8. The van der Waals surface area contributed by atoms with Crippen molar-refractivity contribution in [1.29, 1.82) is 0 Å². The largest absolute Gasteiger partial charge is 0.462 e. The summed E-state index contributed by atoms with van der Waals surface area (Å²) in [5.74, 6) is -1.05. The fourth-order valence-electron chi connectivity index (χ4n) is 8.03. The highest BCUT2D eigenvalue weighted by atomic mass is 16.6. The van der Waals surface area contributed by atoms with Crippen molar-refractivity contribution >= 4 is 17.9 Å². The third-order valence-corrected chi connectivity index (χ3v) is 12.4. The molecule has 1 unspecified atom stereocenters. The van der Waals surface area contributed by atoms with Gasteiger partial charge in [0, 0.05) is 12.8 Å². The van der Waals surface area contributed by atoms with Crippen LogP contribution in [0.1, 0.15) is 278 Å². The van der Waals surface area contributed by atoms with Crippen molar-refractivity contribution in [3.8, 4) is 0 Å². The zero-order valence-corrected chi connectivity index (χ0v) is 45.3. The first kappa shape index (κ1) is 65.6. The van der Waals surface area contributed by atoms with E-state index in [0.717, 1.165) is 70.6 Å². The second-order valence-corrected chi connectivity index (χ2v) is 19.2. The summed E-state index contributed by atoms with van der Waals surface area (Å²) in [6, 6.07) is 0. The molecule has 6 heteroatoms. The van der Waals surface area contributed by atoms with E-state index in [2.05, 4.69) is 93.7 Å². The molecule has 0 radical (unpaired) electrons. The number of unbranched alkanes of at least 4 members (excludes halogenated alkanes) is 28. The number of esters is 3. The van der Waals surface area contributed by atoms with Crippen LogP contribution in [0.15, 0.2) is 85.1 Å². The molecule has 0 bridgehead atoms. The lowest BCUT2D eigenvalue weighted by Gasteiger charge is -2.18. The molecule has 0 aromatic rings. The predicted octanol–water partition coefficient (Wildman–Crippen LogP) is 19.5. The van der Waals surface area contributed by atoms with E-state index in [1.54, 1.807) is 6.08 Å². The van der Waals surface area contributed by atoms with E-state index in [1.807, 2.05) is 6.08 Å². The summed E-state index contributed by atoms with van der Waals surface area (Å²) in [6.45, 7) is 6.44. The van der Waals surface area contributed by atoms with Crippen LogP contribution in [0.25, 0.3) is 0 Å². The van der Waals surface area contributed by atoms with E-state index in [1.165, 1.54) is 167 Å². The average Bonchev–Trinajstić information content (AvgIpc) is 3.35. The summed E-state index contributed by atoms with van der Waals surface area (Å²) in [5.41, 5.74) is 0. The van der Waals surface area contributed by atoms with E-state index in [4.69, 9.17) is 14.2 Å². The Balaban J connectivity index is 4.48. The number of carbonyl (C=O) groups is 3. The molecule has 0 spiro atoms. The lowest BCUT2D eigenvalue weighted by atomic mass is 10.1. The molecular formula is C63H108O6. The summed E-state index contributed by atoms with van der Waals surface area (Å²) in [5, 5.41) is 0.